The van der Waals surface area contributed by atoms with Gasteiger partial charge in [0.25, 0.3) is 0 Å². The summed E-state index contributed by atoms with van der Waals surface area (Å²) in [5.74, 6) is 5.71. The number of hydrazone groups is 1. The Hall–Kier alpha value is -2.04. The summed E-state index contributed by atoms with van der Waals surface area (Å²) in [7, 11) is 0. The molecule has 1 aromatic rings. The number of hydrogen-bond donors (Lipinski definition) is 1. The molecule has 5 nitrogen and oxygen atoms in total. The lowest BCUT2D eigenvalue weighted by atomic mass is 10.2. The van der Waals surface area contributed by atoms with Gasteiger partial charge in [-0.1, -0.05) is 12.1 Å². The first-order valence-corrected chi connectivity index (χ1v) is 6.38. The largest absolute Gasteiger partial charge is 0.494 e. The number of nitrogens with zero attached hydrogens (tertiary/aromatic N) is 1. The minimum Gasteiger partial charge on any atom is -0.494 e. The summed E-state index contributed by atoms with van der Waals surface area (Å²) in [5.41, 5.74) is 0.895. The van der Waals surface area contributed by atoms with Crippen molar-refractivity contribution in [3.8, 4) is 5.75 Å². The Labute approximate surface area is 113 Å². The summed E-state index contributed by atoms with van der Waals surface area (Å²) in [6.45, 7) is 2.81. The summed E-state index contributed by atoms with van der Waals surface area (Å²) in [6.07, 6.45) is 3.58. The van der Waals surface area contributed by atoms with Crippen molar-refractivity contribution in [1.82, 2.24) is 0 Å². The summed E-state index contributed by atoms with van der Waals surface area (Å²) >= 11 is 0. The van der Waals surface area contributed by atoms with Crippen LogP contribution in [0, 0.1) is 0 Å². The Bertz CT molecular complexity index is 419. The highest BCUT2D eigenvalue weighted by Crippen LogP contribution is 2.12. The molecule has 1 aromatic carbocycles. The first kappa shape index (κ1) is 15.0. The maximum atomic E-state index is 11.1. The molecule has 0 bridgehead atoms. The van der Waals surface area contributed by atoms with E-state index in [0.29, 0.717) is 19.6 Å². The number of hydrogen-bond acceptors (Lipinski definition) is 5. The number of carbonyl (C=O) groups is 1. The zero-order valence-electron chi connectivity index (χ0n) is 11.2. The number of rotatable bonds is 8. The van der Waals surface area contributed by atoms with Crippen molar-refractivity contribution >= 4 is 12.2 Å². The summed E-state index contributed by atoms with van der Waals surface area (Å²) in [5, 5.41) is 3.46. The van der Waals surface area contributed by atoms with E-state index in [-0.39, 0.29) is 5.97 Å². The lowest BCUT2D eigenvalue weighted by molar-refractivity contribution is -0.143. The molecule has 0 fully saturated rings. The van der Waals surface area contributed by atoms with Crippen LogP contribution in [0.1, 0.15) is 31.7 Å². The third-order valence-electron chi connectivity index (χ3n) is 2.43. The number of esters is 1. The molecule has 0 aliphatic rings. The van der Waals surface area contributed by atoms with E-state index < -0.39 is 0 Å². The molecular weight excluding hydrogens is 244 g/mol. The number of carbonyl (C=O) groups excluding carboxylic acids is 1. The van der Waals surface area contributed by atoms with Gasteiger partial charge in [0.05, 0.1) is 19.4 Å². The molecule has 0 saturated carbocycles. The summed E-state index contributed by atoms with van der Waals surface area (Å²) in [4.78, 5) is 11.1. The smallest absolute Gasteiger partial charge is 0.305 e. The van der Waals surface area contributed by atoms with Gasteiger partial charge in [-0.15, -0.1) is 0 Å². The van der Waals surface area contributed by atoms with Gasteiger partial charge in [0.2, 0.25) is 0 Å². The number of ether oxygens (including phenoxy) is 2. The average Bonchev–Trinajstić information content (AvgIpc) is 2.39. The third kappa shape index (κ3) is 6.45. The van der Waals surface area contributed by atoms with Gasteiger partial charge in [0.1, 0.15) is 5.75 Å². The van der Waals surface area contributed by atoms with Crippen LogP contribution in [0.15, 0.2) is 29.4 Å². The van der Waals surface area contributed by atoms with Crippen LogP contribution in [0.5, 0.6) is 5.75 Å². The minimum absolute atomic E-state index is 0.149. The van der Waals surface area contributed by atoms with Crippen molar-refractivity contribution < 1.29 is 14.3 Å². The normalized spacial score (nSPS) is 10.6. The van der Waals surface area contributed by atoms with Crippen molar-refractivity contribution in [3.63, 3.8) is 0 Å². The molecule has 0 aromatic heterocycles. The fourth-order valence-electron chi connectivity index (χ4n) is 1.57. The van der Waals surface area contributed by atoms with Gasteiger partial charge in [0.15, 0.2) is 0 Å². The van der Waals surface area contributed by atoms with Crippen LogP contribution in [0.3, 0.4) is 0 Å². The molecule has 0 aliphatic carbocycles. The Morgan fingerprint density at radius 1 is 1.42 bits per heavy atom. The van der Waals surface area contributed by atoms with Crippen molar-refractivity contribution in [1.29, 1.82) is 0 Å². The lowest BCUT2D eigenvalue weighted by Gasteiger charge is -2.06. The molecule has 0 spiro atoms. The van der Waals surface area contributed by atoms with Crippen molar-refractivity contribution in [2.45, 2.75) is 26.2 Å². The van der Waals surface area contributed by atoms with E-state index in [0.717, 1.165) is 24.2 Å². The van der Waals surface area contributed by atoms with E-state index in [2.05, 4.69) is 5.10 Å². The summed E-state index contributed by atoms with van der Waals surface area (Å²) in [6, 6.07) is 7.51. The molecule has 104 valence electrons. The number of nitrogens with two attached hydrogens (primary N) is 1. The third-order valence-corrected chi connectivity index (χ3v) is 2.43. The van der Waals surface area contributed by atoms with Crippen LogP contribution >= 0.6 is 0 Å². The summed E-state index contributed by atoms with van der Waals surface area (Å²) < 4.78 is 10.4. The molecule has 0 radical (unpaired) electrons. The van der Waals surface area contributed by atoms with Gasteiger partial charge in [-0.2, -0.15) is 5.10 Å². The quantitative estimate of drug-likeness (QED) is 0.256. The van der Waals surface area contributed by atoms with Gasteiger partial charge < -0.3 is 15.3 Å². The van der Waals surface area contributed by atoms with E-state index in [1.807, 2.05) is 24.3 Å². The zero-order valence-corrected chi connectivity index (χ0v) is 11.2. The highest BCUT2D eigenvalue weighted by molar-refractivity contribution is 5.79. The Morgan fingerprint density at radius 2 is 2.26 bits per heavy atom. The SMILES string of the molecule is CCOC(=O)CCCCOc1cccc(C=NN)c1. The monoisotopic (exact) mass is 264 g/mol. The van der Waals surface area contributed by atoms with E-state index in [1.165, 1.54) is 0 Å². The van der Waals surface area contributed by atoms with Gasteiger partial charge >= 0.3 is 5.97 Å². The highest BCUT2D eigenvalue weighted by atomic mass is 16.5. The molecule has 0 heterocycles. The van der Waals surface area contributed by atoms with Gasteiger partial charge in [0, 0.05) is 6.42 Å². The van der Waals surface area contributed by atoms with Gasteiger partial charge in [-0.25, -0.2) is 0 Å². The second-order valence-corrected chi connectivity index (χ2v) is 3.96. The van der Waals surface area contributed by atoms with Crippen molar-refractivity contribution in [2.75, 3.05) is 13.2 Å². The van der Waals surface area contributed by atoms with E-state index in [9.17, 15) is 4.79 Å². The van der Waals surface area contributed by atoms with Crippen LogP contribution in [-0.4, -0.2) is 25.4 Å². The second kappa shape index (κ2) is 8.97. The van der Waals surface area contributed by atoms with Crippen LogP contribution in [-0.2, 0) is 9.53 Å². The highest BCUT2D eigenvalue weighted by Gasteiger charge is 2.01. The fourth-order valence-corrected chi connectivity index (χ4v) is 1.57. The fraction of sp³-hybridized carbons (Fsp3) is 0.429. The zero-order chi connectivity index (χ0) is 13.9. The Balaban J connectivity index is 2.22. The molecule has 19 heavy (non-hydrogen) atoms. The van der Waals surface area contributed by atoms with Gasteiger partial charge in [-0.3, -0.25) is 4.79 Å². The lowest BCUT2D eigenvalue weighted by Crippen LogP contribution is -2.05. The predicted molar refractivity (Wildman–Crippen MR) is 74.2 cm³/mol. The molecule has 0 amide bonds. The molecule has 0 atom stereocenters. The molecule has 0 aliphatic heterocycles. The molecule has 5 heteroatoms. The van der Waals surface area contributed by atoms with Crippen LogP contribution in [0.4, 0.5) is 0 Å². The molecular formula is C14H20N2O3. The maximum Gasteiger partial charge on any atom is 0.305 e. The molecule has 0 unspecified atom stereocenters. The topological polar surface area (TPSA) is 73.9 Å². The number of unbranched alkanes of at least 4 members (excludes halogenated alkanes) is 1. The predicted octanol–water partition coefficient (Wildman–Crippen LogP) is 2.09. The first-order valence-electron chi connectivity index (χ1n) is 6.38. The van der Waals surface area contributed by atoms with Crippen LogP contribution in [0.25, 0.3) is 0 Å². The molecule has 2 N–H and O–H groups in total. The van der Waals surface area contributed by atoms with Gasteiger partial charge in [-0.05, 0) is 37.5 Å². The minimum atomic E-state index is -0.149. The Morgan fingerprint density at radius 3 is 3.00 bits per heavy atom. The van der Waals surface area contributed by atoms with Crippen molar-refractivity contribution in [3.05, 3.63) is 29.8 Å². The van der Waals surface area contributed by atoms with E-state index in [1.54, 1.807) is 13.1 Å². The van der Waals surface area contributed by atoms with Crippen LogP contribution < -0.4 is 10.6 Å². The standard InChI is InChI=1S/C14H20N2O3/c1-2-18-14(17)8-3-4-9-19-13-7-5-6-12(10-13)11-16-15/h5-7,10-11H,2-4,8-9,15H2,1H3. The van der Waals surface area contributed by atoms with Crippen molar-refractivity contribution in [2.24, 2.45) is 10.9 Å². The molecule has 1 rings (SSSR count). The van der Waals surface area contributed by atoms with E-state index in [4.69, 9.17) is 15.3 Å². The molecule has 0 saturated heterocycles. The van der Waals surface area contributed by atoms with E-state index >= 15 is 0 Å². The number of benzene rings is 1. The maximum absolute atomic E-state index is 11.1. The van der Waals surface area contributed by atoms with Crippen LogP contribution in [0.2, 0.25) is 0 Å². The second-order valence-electron chi connectivity index (χ2n) is 3.96. The Kier molecular flexibility index (Phi) is 7.09. The average molecular weight is 264 g/mol. The first-order chi connectivity index (χ1) is 9.26.